The Labute approximate surface area is 199 Å². The highest BCUT2D eigenvalue weighted by Crippen LogP contribution is 2.29. The summed E-state index contributed by atoms with van der Waals surface area (Å²) in [5.74, 6) is 6.18. The summed E-state index contributed by atoms with van der Waals surface area (Å²) in [6.07, 6.45) is -0.867. The van der Waals surface area contributed by atoms with Crippen LogP contribution >= 0.6 is 24.0 Å². The summed E-state index contributed by atoms with van der Waals surface area (Å²) >= 11 is 0. The predicted octanol–water partition coefficient (Wildman–Crippen LogP) is 3.92. The molecule has 0 bridgehead atoms. The first-order valence-corrected chi connectivity index (χ1v) is 10.1. The number of hydrogen-bond acceptors (Lipinski definition) is 2. The third-order valence-electron chi connectivity index (χ3n) is 4.81. The largest absolute Gasteiger partial charge is 0.416 e. The minimum absolute atomic E-state index is 0. The summed E-state index contributed by atoms with van der Waals surface area (Å²) in [5.41, 5.74) is -0.408. The zero-order valence-electron chi connectivity index (χ0n) is 18.0. The van der Waals surface area contributed by atoms with Crippen molar-refractivity contribution >= 4 is 35.8 Å². The molecule has 1 aromatic carbocycles. The van der Waals surface area contributed by atoms with E-state index in [1.165, 1.54) is 6.07 Å². The zero-order valence-corrected chi connectivity index (χ0v) is 20.3. The summed E-state index contributed by atoms with van der Waals surface area (Å²) in [6, 6.07) is 5.19. The molecule has 2 rings (SSSR count). The Balaban J connectivity index is 0.00000480. The van der Waals surface area contributed by atoms with Gasteiger partial charge >= 0.3 is 6.18 Å². The van der Waals surface area contributed by atoms with Gasteiger partial charge in [-0.2, -0.15) is 13.2 Å². The lowest BCUT2D eigenvalue weighted by molar-refractivity contribution is -0.137. The van der Waals surface area contributed by atoms with Crippen molar-refractivity contribution < 1.29 is 18.0 Å². The van der Waals surface area contributed by atoms with E-state index in [2.05, 4.69) is 32.8 Å². The van der Waals surface area contributed by atoms with Gasteiger partial charge in [0.1, 0.15) is 0 Å². The molecule has 1 amide bonds. The van der Waals surface area contributed by atoms with Crippen LogP contribution in [0.1, 0.15) is 50.7 Å². The number of carbonyl (C=O) groups excluding carboxylic acids is 1. The lowest BCUT2D eigenvalue weighted by Crippen LogP contribution is -2.47. The minimum atomic E-state index is -4.38. The molecule has 0 heterocycles. The second-order valence-electron chi connectivity index (χ2n) is 7.67. The number of carbonyl (C=O) groups is 1. The number of alkyl halides is 3. The van der Waals surface area contributed by atoms with Crippen molar-refractivity contribution in [3.63, 3.8) is 0 Å². The van der Waals surface area contributed by atoms with Crippen LogP contribution in [0.4, 0.5) is 13.2 Å². The van der Waals surface area contributed by atoms with Gasteiger partial charge in [0.15, 0.2) is 5.96 Å². The number of amides is 1. The number of nitrogens with one attached hydrogen (secondary N) is 3. The van der Waals surface area contributed by atoms with E-state index in [1.807, 2.05) is 13.8 Å². The lowest BCUT2D eigenvalue weighted by atomic mass is 9.85. The van der Waals surface area contributed by atoms with E-state index in [9.17, 15) is 18.0 Å². The quantitative estimate of drug-likeness (QED) is 0.231. The Morgan fingerprint density at radius 1 is 1.29 bits per heavy atom. The number of aliphatic imine (C=N–C) groups is 1. The molecule has 9 heteroatoms. The number of nitrogens with zero attached hydrogens (tertiary/aromatic N) is 1. The minimum Gasteiger partial charge on any atom is -0.354 e. The fraction of sp³-hybridized carbons (Fsp3) is 0.545. The third kappa shape index (κ3) is 9.37. The highest BCUT2D eigenvalue weighted by atomic mass is 127. The average Bonchev–Trinajstić information content (AvgIpc) is 2.69. The smallest absolute Gasteiger partial charge is 0.354 e. The van der Waals surface area contributed by atoms with Crippen molar-refractivity contribution in [1.82, 2.24) is 16.0 Å². The lowest BCUT2D eigenvalue weighted by Gasteiger charge is -2.30. The van der Waals surface area contributed by atoms with E-state index >= 15 is 0 Å². The Hall–Kier alpha value is -1.96. The molecule has 172 valence electrons. The Bertz CT molecular complexity index is 815. The SMILES string of the molecule is CN=C(NCC#Cc1cccc(C(F)(F)F)c1)NC1CCCC(C(=O)NC(C)C)C1.I. The van der Waals surface area contributed by atoms with Crippen LogP contribution in [0.25, 0.3) is 0 Å². The van der Waals surface area contributed by atoms with E-state index in [0.29, 0.717) is 11.5 Å². The molecule has 1 fully saturated rings. The van der Waals surface area contributed by atoms with Crippen molar-refractivity contribution in [3.8, 4) is 11.8 Å². The van der Waals surface area contributed by atoms with Gasteiger partial charge in [-0.05, 0) is 51.3 Å². The Morgan fingerprint density at radius 3 is 2.68 bits per heavy atom. The first-order chi connectivity index (χ1) is 14.2. The van der Waals surface area contributed by atoms with Gasteiger partial charge in [-0.1, -0.05) is 24.3 Å². The van der Waals surface area contributed by atoms with Crippen molar-refractivity contribution in [2.75, 3.05) is 13.6 Å². The van der Waals surface area contributed by atoms with Gasteiger partial charge in [-0.15, -0.1) is 24.0 Å². The van der Waals surface area contributed by atoms with Crippen molar-refractivity contribution in [2.24, 2.45) is 10.9 Å². The Morgan fingerprint density at radius 2 is 2.03 bits per heavy atom. The standard InChI is InChI=1S/C22H29F3N4O.HI/c1-15(2)28-20(30)17-9-5-11-19(14-17)29-21(26-3)27-12-6-8-16-7-4-10-18(13-16)22(23,24)25;/h4,7,10,13,15,17,19H,5,9,11-12,14H2,1-3H3,(H,28,30)(H2,26,27,29);1H. The maximum Gasteiger partial charge on any atom is 0.416 e. The maximum absolute atomic E-state index is 12.8. The molecule has 2 unspecified atom stereocenters. The van der Waals surface area contributed by atoms with E-state index in [4.69, 9.17) is 0 Å². The van der Waals surface area contributed by atoms with E-state index in [1.54, 1.807) is 13.1 Å². The summed E-state index contributed by atoms with van der Waals surface area (Å²) in [7, 11) is 1.64. The van der Waals surface area contributed by atoms with Crippen LogP contribution in [0.15, 0.2) is 29.3 Å². The van der Waals surface area contributed by atoms with Crippen molar-refractivity contribution in [2.45, 2.75) is 57.8 Å². The number of hydrogen-bond donors (Lipinski definition) is 3. The maximum atomic E-state index is 12.8. The average molecular weight is 550 g/mol. The topological polar surface area (TPSA) is 65.5 Å². The number of guanidine groups is 1. The highest BCUT2D eigenvalue weighted by molar-refractivity contribution is 14.0. The fourth-order valence-electron chi connectivity index (χ4n) is 3.40. The summed E-state index contributed by atoms with van der Waals surface area (Å²) in [6.45, 7) is 4.13. The molecule has 3 N–H and O–H groups in total. The monoisotopic (exact) mass is 550 g/mol. The molecule has 1 aliphatic rings. The molecule has 0 saturated heterocycles. The molecular formula is C22H30F3IN4O. The van der Waals surface area contributed by atoms with Crippen molar-refractivity contribution in [3.05, 3.63) is 35.4 Å². The van der Waals surface area contributed by atoms with Gasteiger partial charge < -0.3 is 16.0 Å². The fourth-order valence-corrected chi connectivity index (χ4v) is 3.40. The number of rotatable bonds is 4. The molecule has 1 aliphatic carbocycles. The van der Waals surface area contributed by atoms with Crippen LogP contribution in [-0.4, -0.2) is 37.5 Å². The molecule has 1 saturated carbocycles. The van der Waals surface area contributed by atoms with Crippen LogP contribution < -0.4 is 16.0 Å². The summed E-state index contributed by atoms with van der Waals surface area (Å²) in [5, 5.41) is 9.33. The van der Waals surface area contributed by atoms with Crippen LogP contribution in [0.3, 0.4) is 0 Å². The van der Waals surface area contributed by atoms with Crippen LogP contribution in [0.5, 0.6) is 0 Å². The molecule has 0 spiro atoms. The van der Waals surface area contributed by atoms with Crippen LogP contribution in [0, 0.1) is 17.8 Å². The predicted molar refractivity (Wildman–Crippen MR) is 127 cm³/mol. The van der Waals surface area contributed by atoms with Gasteiger partial charge in [-0.3, -0.25) is 9.79 Å². The number of benzene rings is 1. The van der Waals surface area contributed by atoms with Crippen molar-refractivity contribution in [1.29, 1.82) is 0 Å². The van der Waals surface area contributed by atoms with Gasteiger partial charge in [0.05, 0.1) is 12.1 Å². The normalized spacial score (nSPS) is 19.0. The number of halogens is 4. The van der Waals surface area contributed by atoms with Gasteiger partial charge in [-0.25, -0.2) is 0 Å². The van der Waals surface area contributed by atoms with Gasteiger partial charge in [0, 0.05) is 30.6 Å². The molecule has 1 aromatic rings. The van der Waals surface area contributed by atoms with Crippen LogP contribution in [-0.2, 0) is 11.0 Å². The van der Waals surface area contributed by atoms with E-state index in [-0.39, 0.29) is 54.4 Å². The first kappa shape index (κ1) is 27.1. The van der Waals surface area contributed by atoms with Gasteiger partial charge in [0.25, 0.3) is 0 Å². The van der Waals surface area contributed by atoms with Crippen LogP contribution in [0.2, 0.25) is 0 Å². The molecule has 31 heavy (non-hydrogen) atoms. The highest BCUT2D eigenvalue weighted by Gasteiger charge is 2.30. The molecule has 0 radical (unpaired) electrons. The third-order valence-corrected chi connectivity index (χ3v) is 4.81. The molecular weight excluding hydrogens is 520 g/mol. The summed E-state index contributed by atoms with van der Waals surface area (Å²) < 4.78 is 38.3. The molecule has 0 aromatic heterocycles. The second kappa shape index (κ2) is 12.8. The van der Waals surface area contributed by atoms with E-state index < -0.39 is 11.7 Å². The zero-order chi connectivity index (χ0) is 22.1. The van der Waals surface area contributed by atoms with Gasteiger partial charge in [0.2, 0.25) is 5.91 Å². The molecule has 0 aliphatic heterocycles. The molecule has 5 nitrogen and oxygen atoms in total. The van der Waals surface area contributed by atoms with E-state index in [0.717, 1.165) is 37.8 Å². The summed E-state index contributed by atoms with van der Waals surface area (Å²) in [4.78, 5) is 16.4. The first-order valence-electron chi connectivity index (χ1n) is 10.1. The Kier molecular flexibility index (Phi) is 11.2. The second-order valence-corrected chi connectivity index (χ2v) is 7.67. The molecule has 2 atom stereocenters.